The van der Waals surface area contributed by atoms with E-state index in [0.717, 1.165) is 29.0 Å². The number of aromatic nitrogens is 1. The summed E-state index contributed by atoms with van der Waals surface area (Å²) in [5, 5.41) is 0.601. The van der Waals surface area contributed by atoms with E-state index in [-0.39, 0.29) is 16.3 Å². The third-order valence-electron chi connectivity index (χ3n) is 3.06. The Kier molecular flexibility index (Phi) is 3.68. The summed E-state index contributed by atoms with van der Waals surface area (Å²) < 4.78 is 26.2. The lowest BCUT2D eigenvalue weighted by molar-refractivity contribution is 0.104. The number of nitrogen functional groups attached to an aromatic ring is 1. The summed E-state index contributed by atoms with van der Waals surface area (Å²) in [6, 6.07) is 12.3. The van der Waals surface area contributed by atoms with Crippen LogP contribution in [0.25, 0.3) is 10.6 Å². The highest BCUT2D eigenvalue weighted by Gasteiger charge is 2.19. The van der Waals surface area contributed by atoms with Crippen molar-refractivity contribution in [2.45, 2.75) is 0 Å². The average Bonchev–Trinajstić information content (AvgIpc) is 2.92. The molecule has 1 aromatic heterocycles. The molecule has 1 heterocycles. The molecule has 0 aliphatic carbocycles. The molecule has 3 nitrogen and oxygen atoms in total. The zero-order chi connectivity index (χ0) is 15.7. The summed E-state index contributed by atoms with van der Waals surface area (Å²) in [6.45, 7) is 0. The van der Waals surface area contributed by atoms with Gasteiger partial charge in [0.1, 0.15) is 15.7 Å². The predicted molar refractivity (Wildman–Crippen MR) is 81.8 cm³/mol. The fourth-order valence-electron chi connectivity index (χ4n) is 1.97. The van der Waals surface area contributed by atoms with E-state index < -0.39 is 17.4 Å². The lowest BCUT2D eigenvalue weighted by Gasteiger charge is -2.00. The van der Waals surface area contributed by atoms with Crippen LogP contribution in [0.1, 0.15) is 15.2 Å². The quantitative estimate of drug-likeness (QED) is 0.746. The smallest absolute Gasteiger partial charge is 0.206 e. The largest absolute Gasteiger partial charge is 0.382 e. The number of anilines is 1. The zero-order valence-corrected chi connectivity index (χ0v) is 12.0. The number of carbonyl (C=O) groups is 1. The Morgan fingerprint density at radius 2 is 1.77 bits per heavy atom. The number of thiazole rings is 1. The van der Waals surface area contributed by atoms with Crippen LogP contribution in [-0.4, -0.2) is 10.8 Å². The van der Waals surface area contributed by atoms with Crippen LogP contribution >= 0.6 is 11.3 Å². The summed E-state index contributed by atoms with van der Waals surface area (Å²) >= 11 is 1.12. The molecule has 0 radical (unpaired) electrons. The summed E-state index contributed by atoms with van der Waals surface area (Å²) in [4.78, 5) is 16.8. The maximum atomic E-state index is 13.3. The molecule has 6 heteroatoms. The molecule has 0 fully saturated rings. The minimum Gasteiger partial charge on any atom is -0.382 e. The van der Waals surface area contributed by atoms with Crippen LogP contribution in [0.5, 0.6) is 0 Å². The second kappa shape index (κ2) is 5.65. The van der Waals surface area contributed by atoms with Crippen molar-refractivity contribution in [3.05, 3.63) is 70.6 Å². The number of hydrogen-bond acceptors (Lipinski definition) is 4. The number of carbonyl (C=O) groups excluding carboxylic acids is 1. The van der Waals surface area contributed by atoms with E-state index in [2.05, 4.69) is 4.98 Å². The Bertz CT molecular complexity index is 847. The standard InChI is InChI=1S/C16H10F2N2OS/c17-11-7-6-10(8-12(11)18)13(21)14-15(19)20-16(22-14)9-4-2-1-3-5-9/h1-8H,19H2. The first-order valence-corrected chi connectivity index (χ1v) is 7.19. The normalized spacial score (nSPS) is 10.6. The molecular weight excluding hydrogens is 306 g/mol. The van der Waals surface area contributed by atoms with Crippen LogP contribution in [0, 0.1) is 11.6 Å². The van der Waals surface area contributed by atoms with Gasteiger partial charge in [-0.15, -0.1) is 11.3 Å². The zero-order valence-electron chi connectivity index (χ0n) is 11.2. The maximum Gasteiger partial charge on any atom is 0.206 e. The van der Waals surface area contributed by atoms with Crippen molar-refractivity contribution in [2.24, 2.45) is 0 Å². The van der Waals surface area contributed by atoms with Crippen molar-refractivity contribution in [1.82, 2.24) is 4.98 Å². The highest BCUT2D eigenvalue weighted by atomic mass is 32.1. The highest BCUT2D eigenvalue weighted by Crippen LogP contribution is 2.31. The van der Waals surface area contributed by atoms with E-state index >= 15 is 0 Å². The summed E-state index contributed by atoms with van der Waals surface area (Å²) in [7, 11) is 0. The molecule has 3 rings (SSSR count). The number of hydrogen-bond donors (Lipinski definition) is 1. The Balaban J connectivity index is 2.00. The van der Waals surface area contributed by atoms with Crippen molar-refractivity contribution in [2.75, 3.05) is 5.73 Å². The van der Waals surface area contributed by atoms with Gasteiger partial charge in [0, 0.05) is 11.1 Å². The first-order valence-electron chi connectivity index (χ1n) is 6.37. The van der Waals surface area contributed by atoms with Crippen LogP contribution in [0.2, 0.25) is 0 Å². The van der Waals surface area contributed by atoms with Crippen molar-refractivity contribution in [3.8, 4) is 10.6 Å². The van der Waals surface area contributed by atoms with E-state index in [1.165, 1.54) is 6.07 Å². The van der Waals surface area contributed by atoms with E-state index in [1.54, 1.807) is 0 Å². The summed E-state index contributed by atoms with van der Waals surface area (Å²) in [6.07, 6.45) is 0. The van der Waals surface area contributed by atoms with Gasteiger partial charge in [0.15, 0.2) is 11.6 Å². The van der Waals surface area contributed by atoms with Crippen molar-refractivity contribution in [1.29, 1.82) is 0 Å². The fraction of sp³-hybridized carbons (Fsp3) is 0. The number of halogens is 2. The molecule has 0 spiro atoms. The second-order valence-electron chi connectivity index (χ2n) is 4.56. The molecule has 0 amide bonds. The molecule has 0 unspecified atom stereocenters. The van der Waals surface area contributed by atoms with Gasteiger partial charge in [-0.1, -0.05) is 30.3 Å². The third-order valence-corrected chi connectivity index (χ3v) is 4.18. The number of nitrogens with zero attached hydrogens (tertiary/aromatic N) is 1. The van der Waals surface area contributed by atoms with Crippen LogP contribution in [0.15, 0.2) is 48.5 Å². The molecule has 0 saturated heterocycles. The van der Waals surface area contributed by atoms with Gasteiger partial charge in [0.25, 0.3) is 0 Å². The predicted octanol–water partition coefficient (Wildman–Crippen LogP) is 3.90. The van der Waals surface area contributed by atoms with Crippen molar-refractivity contribution < 1.29 is 13.6 Å². The van der Waals surface area contributed by atoms with Gasteiger partial charge in [-0.05, 0) is 18.2 Å². The molecule has 0 saturated carbocycles. The van der Waals surface area contributed by atoms with Crippen molar-refractivity contribution >= 4 is 22.9 Å². The average molecular weight is 316 g/mol. The maximum absolute atomic E-state index is 13.3. The molecule has 0 aliphatic rings. The molecule has 0 bridgehead atoms. The Hall–Kier alpha value is -2.60. The second-order valence-corrected chi connectivity index (χ2v) is 5.56. The Morgan fingerprint density at radius 1 is 1.05 bits per heavy atom. The van der Waals surface area contributed by atoms with Gasteiger partial charge < -0.3 is 5.73 Å². The number of benzene rings is 2. The van der Waals surface area contributed by atoms with Gasteiger partial charge in [-0.2, -0.15) is 0 Å². The summed E-state index contributed by atoms with van der Waals surface area (Å²) in [5.74, 6) is -2.47. The summed E-state index contributed by atoms with van der Waals surface area (Å²) in [5.41, 5.74) is 6.67. The number of ketones is 1. The van der Waals surface area contributed by atoms with E-state index in [0.29, 0.717) is 5.01 Å². The van der Waals surface area contributed by atoms with Crippen LogP contribution in [0.4, 0.5) is 14.6 Å². The lowest BCUT2D eigenvalue weighted by atomic mass is 10.1. The molecular formula is C16H10F2N2OS. The molecule has 0 atom stereocenters. The van der Waals surface area contributed by atoms with Gasteiger partial charge in [0.2, 0.25) is 5.78 Å². The van der Waals surface area contributed by atoms with E-state index in [4.69, 9.17) is 5.73 Å². The van der Waals surface area contributed by atoms with Gasteiger partial charge in [0.05, 0.1) is 0 Å². The SMILES string of the molecule is Nc1nc(-c2ccccc2)sc1C(=O)c1ccc(F)c(F)c1. The topological polar surface area (TPSA) is 56.0 Å². The van der Waals surface area contributed by atoms with Crippen LogP contribution in [-0.2, 0) is 0 Å². The lowest BCUT2D eigenvalue weighted by Crippen LogP contribution is -2.03. The van der Waals surface area contributed by atoms with Gasteiger partial charge in [-0.3, -0.25) is 4.79 Å². The molecule has 2 N–H and O–H groups in total. The van der Waals surface area contributed by atoms with Gasteiger partial charge in [-0.25, -0.2) is 13.8 Å². The molecule has 3 aromatic rings. The minimum atomic E-state index is -1.07. The first-order chi connectivity index (χ1) is 10.6. The number of nitrogens with two attached hydrogens (primary N) is 1. The number of rotatable bonds is 3. The van der Waals surface area contributed by atoms with E-state index in [9.17, 15) is 13.6 Å². The molecule has 22 heavy (non-hydrogen) atoms. The minimum absolute atomic E-state index is 0.0360. The Labute approximate surface area is 129 Å². The van der Waals surface area contributed by atoms with Crippen molar-refractivity contribution in [3.63, 3.8) is 0 Å². The monoisotopic (exact) mass is 316 g/mol. The van der Waals surface area contributed by atoms with E-state index in [1.807, 2.05) is 30.3 Å². The first kappa shape index (κ1) is 14.3. The van der Waals surface area contributed by atoms with Crippen LogP contribution in [0.3, 0.4) is 0 Å². The molecule has 0 aliphatic heterocycles. The highest BCUT2D eigenvalue weighted by molar-refractivity contribution is 7.17. The van der Waals surface area contributed by atoms with Crippen LogP contribution < -0.4 is 5.73 Å². The fourth-order valence-corrected chi connectivity index (χ4v) is 2.92. The Morgan fingerprint density at radius 3 is 2.45 bits per heavy atom. The van der Waals surface area contributed by atoms with Gasteiger partial charge >= 0.3 is 0 Å². The third kappa shape index (κ3) is 2.60. The molecule has 110 valence electrons. The molecule has 2 aromatic carbocycles.